The zero-order valence-electron chi connectivity index (χ0n) is 12.7. The van der Waals surface area contributed by atoms with E-state index in [1.165, 1.54) is 0 Å². The van der Waals surface area contributed by atoms with Crippen molar-refractivity contribution >= 4 is 17.7 Å². The summed E-state index contributed by atoms with van der Waals surface area (Å²) in [6.07, 6.45) is -0.523. The Balaban J connectivity index is 1.48. The third-order valence-electron chi connectivity index (χ3n) is 3.22. The molecule has 6 heteroatoms. The minimum atomic E-state index is -0.523. The molecule has 0 saturated carbocycles. The van der Waals surface area contributed by atoms with Gasteiger partial charge in [0.15, 0.2) is 11.5 Å². The van der Waals surface area contributed by atoms with Gasteiger partial charge in [-0.2, -0.15) is 0 Å². The van der Waals surface area contributed by atoms with E-state index in [0.717, 1.165) is 5.56 Å². The number of benzene rings is 2. The number of fused-ring (bicyclic) bond motifs is 1. The minimum Gasteiger partial charge on any atom is -0.454 e. The van der Waals surface area contributed by atoms with E-state index >= 15 is 0 Å². The summed E-state index contributed by atoms with van der Waals surface area (Å²) >= 11 is 6.12. The number of ether oxygens (including phenoxy) is 3. The highest BCUT2D eigenvalue weighted by Crippen LogP contribution is 2.36. The van der Waals surface area contributed by atoms with E-state index in [1.54, 1.807) is 12.1 Å². The Bertz CT molecular complexity index is 796. The van der Waals surface area contributed by atoms with Crippen molar-refractivity contribution in [2.24, 2.45) is 0 Å². The molecule has 0 radical (unpaired) electrons. The van der Waals surface area contributed by atoms with Crippen molar-refractivity contribution in [1.82, 2.24) is 5.32 Å². The lowest BCUT2D eigenvalue weighted by Gasteiger charge is -2.04. The van der Waals surface area contributed by atoms with Crippen molar-refractivity contribution < 1.29 is 19.0 Å². The summed E-state index contributed by atoms with van der Waals surface area (Å²) in [6, 6.07) is 12.8. The lowest BCUT2D eigenvalue weighted by molar-refractivity contribution is 0.141. The Morgan fingerprint density at radius 2 is 1.96 bits per heavy atom. The fraction of sp³-hybridized carbons (Fsp3) is 0.167. The number of hydrogen-bond acceptors (Lipinski definition) is 4. The Labute approximate surface area is 144 Å². The second-order valence-corrected chi connectivity index (χ2v) is 5.31. The van der Waals surface area contributed by atoms with Crippen LogP contribution in [0.2, 0.25) is 5.02 Å². The Hall–Kier alpha value is -2.84. The zero-order chi connectivity index (χ0) is 16.8. The van der Waals surface area contributed by atoms with E-state index in [0.29, 0.717) is 22.1 Å². The number of rotatable bonds is 3. The predicted molar refractivity (Wildman–Crippen MR) is 89.1 cm³/mol. The Morgan fingerprint density at radius 1 is 1.21 bits per heavy atom. The van der Waals surface area contributed by atoms with Crippen LogP contribution in [0.5, 0.6) is 11.5 Å². The summed E-state index contributed by atoms with van der Waals surface area (Å²) < 4.78 is 15.6. The summed E-state index contributed by atoms with van der Waals surface area (Å²) in [5.74, 6) is 6.92. The second-order valence-electron chi connectivity index (χ2n) is 4.90. The molecule has 2 aromatic carbocycles. The van der Waals surface area contributed by atoms with E-state index < -0.39 is 6.09 Å². The third-order valence-corrected chi connectivity index (χ3v) is 3.53. The van der Waals surface area contributed by atoms with Crippen LogP contribution in [0, 0.1) is 11.8 Å². The zero-order valence-corrected chi connectivity index (χ0v) is 13.4. The van der Waals surface area contributed by atoms with Crippen molar-refractivity contribution in [2.75, 3.05) is 13.3 Å². The van der Waals surface area contributed by atoms with Crippen molar-refractivity contribution in [1.29, 1.82) is 0 Å². The van der Waals surface area contributed by atoms with Gasteiger partial charge in [0.2, 0.25) is 6.79 Å². The van der Waals surface area contributed by atoms with Crippen molar-refractivity contribution in [3.05, 3.63) is 58.6 Å². The summed E-state index contributed by atoms with van der Waals surface area (Å²) in [5, 5.41) is 3.03. The van der Waals surface area contributed by atoms with Crippen LogP contribution in [-0.2, 0) is 11.3 Å². The van der Waals surface area contributed by atoms with Gasteiger partial charge in [-0.15, -0.1) is 0 Å². The molecule has 0 aromatic heterocycles. The van der Waals surface area contributed by atoms with E-state index in [4.69, 9.17) is 25.8 Å². The number of amides is 1. The Morgan fingerprint density at radius 3 is 2.75 bits per heavy atom. The fourth-order valence-corrected chi connectivity index (χ4v) is 2.24. The second kappa shape index (κ2) is 7.62. The molecule has 0 bridgehead atoms. The molecule has 1 heterocycles. The first-order valence-electron chi connectivity index (χ1n) is 7.25. The van der Waals surface area contributed by atoms with Crippen LogP contribution in [-0.4, -0.2) is 19.4 Å². The van der Waals surface area contributed by atoms with Gasteiger partial charge in [0.1, 0.15) is 6.61 Å². The smallest absolute Gasteiger partial charge is 0.408 e. The molecule has 5 nitrogen and oxygen atoms in total. The molecule has 0 aliphatic carbocycles. The van der Waals surface area contributed by atoms with Crippen molar-refractivity contribution in [3.63, 3.8) is 0 Å². The normalized spacial score (nSPS) is 11.4. The fourth-order valence-electron chi connectivity index (χ4n) is 2.04. The van der Waals surface area contributed by atoms with Crippen LogP contribution in [0.25, 0.3) is 0 Å². The molecular formula is C18H14ClNO4. The van der Waals surface area contributed by atoms with E-state index in [-0.39, 0.29) is 19.9 Å². The van der Waals surface area contributed by atoms with Crippen LogP contribution in [0.4, 0.5) is 4.79 Å². The summed E-state index contributed by atoms with van der Waals surface area (Å²) in [5.41, 5.74) is 1.53. The lowest BCUT2D eigenvalue weighted by atomic mass is 10.2. The molecule has 0 fully saturated rings. The van der Waals surface area contributed by atoms with Crippen LogP contribution in [0.3, 0.4) is 0 Å². The maximum absolute atomic E-state index is 11.6. The van der Waals surface area contributed by atoms with Crippen LogP contribution in [0.15, 0.2) is 42.5 Å². The molecule has 0 unspecified atom stereocenters. The molecule has 122 valence electrons. The first kappa shape index (κ1) is 16.0. The predicted octanol–water partition coefficient (Wildman–Crippen LogP) is 3.35. The molecule has 2 aromatic rings. The number of alkyl carbamates (subject to hydrolysis) is 1. The Kier molecular flexibility index (Phi) is 5.09. The van der Waals surface area contributed by atoms with Gasteiger partial charge in [0.05, 0.1) is 11.6 Å². The highest BCUT2D eigenvalue weighted by atomic mass is 35.5. The molecule has 0 saturated heterocycles. The van der Waals surface area contributed by atoms with Gasteiger partial charge in [-0.3, -0.25) is 0 Å². The van der Waals surface area contributed by atoms with Gasteiger partial charge < -0.3 is 19.5 Å². The van der Waals surface area contributed by atoms with Crippen LogP contribution in [0.1, 0.15) is 11.1 Å². The third kappa shape index (κ3) is 4.12. The standard InChI is InChI=1S/C18H14ClNO4/c19-15-10-17-16(23-12-24-17)9-14(15)7-4-8-20-18(21)22-11-13-5-2-1-3-6-13/h1-3,5-6,9-10H,8,11-12H2,(H,20,21). The number of carbonyl (C=O) groups excluding carboxylic acids is 1. The van der Waals surface area contributed by atoms with E-state index in [2.05, 4.69) is 17.2 Å². The number of carbonyl (C=O) groups is 1. The highest BCUT2D eigenvalue weighted by Gasteiger charge is 2.15. The van der Waals surface area contributed by atoms with Gasteiger partial charge in [-0.1, -0.05) is 53.8 Å². The SMILES string of the molecule is O=C(NCC#Cc1cc2c(cc1Cl)OCO2)OCc1ccccc1. The summed E-state index contributed by atoms with van der Waals surface area (Å²) in [6.45, 7) is 0.545. The largest absolute Gasteiger partial charge is 0.454 e. The monoisotopic (exact) mass is 343 g/mol. The molecule has 1 aliphatic heterocycles. The number of hydrogen-bond donors (Lipinski definition) is 1. The molecule has 1 N–H and O–H groups in total. The molecule has 1 aliphatic rings. The van der Waals surface area contributed by atoms with Gasteiger partial charge in [0, 0.05) is 17.7 Å². The average molecular weight is 344 g/mol. The molecule has 3 rings (SSSR count). The number of halogens is 1. The molecule has 0 atom stereocenters. The maximum Gasteiger partial charge on any atom is 0.408 e. The van der Waals surface area contributed by atoms with Gasteiger partial charge in [-0.05, 0) is 5.56 Å². The van der Waals surface area contributed by atoms with Gasteiger partial charge >= 0.3 is 6.09 Å². The van der Waals surface area contributed by atoms with Gasteiger partial charge in [-0.25, -0.2) is 4.79 Å². The van der Waals surface area contributed by atoms with Gasteiger partial charge in [0.25, 0.3) is 0 Å². The summed E-state index contributed by atoms with van der Waals surface area (Å²) in [7, 11) is 0. The first-order valence-corrected chi connectivity index (χ1v) is 7.63. The van der Waals surface area contributed by atoms with Crippen molar-refractivity contribution in [2.45, 2.75) is 6.61 Å². The quantitative estimate of drug-likeness (QED) is 0.868. The highest BCUT2D eigenvalue weighted by molar-refractivity contribution is 6.32. The molecular weight excluding hydrogens is 330 g/mol. The van der Waals surface area contributed by atoms with Crippen molar-refractivity contribution in [3.8, 4) is 23.3 Å². The van der Waals surface area contributed by atoms with E-state index in [9.17, 15) is 4.79 Å². The van der Waals surface area contributed by atoms with E-state index in [1.807, 2.05) is 30.3 Å². The molecule has 0 spiro atoms. The maximum atomic E-state index is 11.6. The molecule has 1 amide bonds. The average Bonchev–Trinajstić information content (AvgIpc) is 3.05. The topological polar surface area (TPSA) is 56.8 Å². The first-order chi connectivity index (χ1) is 11.7. The van der Waals surface area contributed by atoms with Crippen LogP contribution < -0.4 is 14.8 Å². The van der Waals surface area contributed by atoms with Crippen LogP contribution >= 0.6 is 11.6 Å². The summed E-state index contributed by atoms with van der Waals surface area (Å²) in [4.78, 5) is 11.6. The lowest BCUT2D eigenvalue weighted by Crippen LogP contribution is -2.24. The number of nitrogens with one attached hydrogen (secondary N) is 1. The molecule has 24 heavy (non-hydrogen) atoms. The minimum absolute atomic E-state index is 0.151.